The van der Waals surface area contributed by atoms with Crippen LogP contribution in [0.3, 0.4) is 0 Å². The fraction of sp³-hybridized carbons (Fsp3) is 0.857. The Bertz CT molecular complexity index is 262. The molecule has 0 aromatic heterocycles. The van der Waals surface area contributed by atoms with E-state index in [-0.39, 0.29) is 29.1 Å². The predicted molar refractivity (Wildman–Crippen MR) is 70.8 cm³/mol. The molecule has 1 aliphatic carbocycles. The van der Waals surface area contributed by atoms with Gasteiger partial charge in [-0.1, -0.05) is 41.5 Å². The maximum atomic E-state index is 11.7. The molecule has 0 aliphatic heterocycles. The van der Waals surface area contributed by atoms with Gasteiger partial charge in [0.05, 0.1) is 6.04 Å². The zero-order valence-electron chi connectivity index (χ0n) is 12.1. The van der Waals surface area contributed by atoms with Crippen molar-refractivity contribution in [1.82, 2.24) is 5.32 Å². The van der Waals surface area contributed by atoms with Crippen molar-refractivity contribution in [3.63, 3.8) is 0 Å². The average Bonchev–Trinajstić information content (AvgIpc) is 3.09. The van der Waals surface area contributed by atoms with Crippen molar-refractivity contribution < 1.29 is 9.59 Å². The van der Waals surface area contributed by atoms with Crippen molar-refractivity contribution in [3.05, 3.63) is 0 Å². The van der Waals surface area contributed by atoms with Crippen molar-refractivity contribution >= 4 is 11.7 Å². The molecule has 1 saturated carbocycles. The minimum Gasteiger partial charge on any atom is -0.346 e. The summed E-state index contributed by atoms with van der Waals surface area (Å²) in [4.78, 5) is 23.3. The van der Waals surface area contributed by atoms with E-state index in [1.807, 2.05) is 41.5 Å². The van der Waals surface area contributed by atoms with E-state index in [0.29, 0.717) is 6.42 Å². The van der Waals surface area contributed by atoms with Crippen molar-refractivity contribution in [2.45, 2.75) is 66.8 Å². The Balaban J connectivity index is 0.00000121. The summed E-state index contributed by atoms with van der Waals surface area (Å²) in [5.41, 5.74) is -0.197. The third-order valence-corrected chi connectivity index (χ3v) is 2.77. The summed E-state index contributed by atoms with van der Waals surface area (Å²) in [5.74, 6) is 0.340. The first-order valence-electron chi connectivity index (χ1n) is 6.69. The summed E-state index contributed by atoms with van der Waals surface area (Å²) >= 11 is 0. The maximum Gasteiger partial charge on any atom is 0.223 e. The molecule has 0 aromatic rings. The molecule has 1 rings (SSSR count). The van der Waals surface area contributed by atoms with Gasteiger partial charge in [0, 0.05) is 12.3 Å². The van der Waals surface area contributed by atoms with Crippen molar-refractivity contribution in [3.8, 4) is 0 Å². The summed E-state index contributed by atoms with van der Waals surface area (Å²) in [7, 11) is 0. The molecule has 100 valence electrons. The third kappa shape index (κ3) is 5.33. The number of rotatable bonds is 4. The number of carbonyl (C=O) groups excluding carboxylic acids is 2. The second-order valence-electron chi connectivity index (χ2n) is 5.40. The quantitative estimate of drug-likeness (QED) is 0.822. The van der Waals surface area contributed by atoms with Gasteiger partial charge in [0.25, 0.3) is 0 Å². The van der Waals surface area contributed by atoms with E-state index in [4.69, 9.17) is 0 Å². The summed E-state index contributed by atoms with van der Waals surface area (Å²) < 4.78 is 0. The highest BCUT2D eigenvalue weighted by molar-refractivity contribution is 5.90. The molecule has 1 aliphatic rings. The minimum absolute atomic E-state index is 0.0525. The molecule has 0 aromatic carbocycles. The van der Waals surface area contributed by atoms with Crippen molar-refractivity contribution in [1.29, 1.82) is 0 Å². The first-order valence-corrected chi connectivity index (χ1v) is 6.69. The Morgan fingerprint density at radius 3 is 2.00 bits per heavy atom. The number of hydrogen-bond donors (Lipinski definition) is 1. The topological polar surface area (TPSA) is 46.2 Å². The van der Waals surface area contributed by atoms with E-state index in [2.05, 4.69) is 5.32 Å². The first kappa shape index (κ1) is 16.1. The predicted octanol–water partition coefficient (Wildman–Crippen LogP) is 2.93. The van der Waals surface area contributed by atoms with Crippen LogP contribution >= 0.6 is 0 Å². The standard InChI is InChI=1S/C12H21NO2.C2H6/c1-5-9(14)10(12(2,3)4)13-11(15)8-6-7-8;1-2/h8,10H,5-7H2,1-4H3,(H,13,15);1-2H3. The molecule has 3 heteroatoms. The van der Waals surface area contributed by atoms with Crippen LogP contribution in [0.2, 0.25) is 0 Å². The Hall–Kier alpha value is -0.860. The highest BCUT2D eigenvalue weighted by atomic mass is 16.2. The van der Waals surface area contributed by atoms with Crippen LogP contribution in [0.5, 0.6) is 0 Å². The van der Waals surface area contributed by atoms with E-state index in [1.165, 1.54) is 0 Å². The van der Waals surface area contributed by atoms with Crippen LogP contribution in [0, 0.1) is 11.3 Å². The monoisotopic (exact) mass is 241 g/mol. The van der Waals surface area contributed by atoms with Gasteiger partial charge in [0.1, 0.15) is 0 Å². The van der Waals surface area contributed by atoms with Crippen molar-refractivity contribution in [2.24, 2.45) is 11.3 Å². The van der Waals surface area contributed by atoms with E-state index in [1.54, 1.807) is 0 Å². The summed E-state index contributed by atoms with van der Waals surface area (Å²) in [6.07, 6.45) is 2.43. The molecule has 0 radical (unpaired) electrons. The molecule has 3 nitrogen and oxygen atoms in total. The van der Waals surface area contributed by atoms with E-state index >= 15 is 0 Å². The SMILES string of the molecule is CC.CCC(=O)C(NC(=O)C1CC1)C(C)(C)C. The van der Waals surface area contributed by atoms with Crippen LogP contribution < -0.4 is 5.32 Å². The maximum absolute atomic E-state index is 11.7. The Kier molecular flexibility index (Phi) is 6.43. The molecule has 0 bridgehead atoms. The molecule has 1 amide bonds. The third-order valence-electron chi connectivity index (χ3n) is 2.77. The number of amides is 1. The minimum atomic E-state index is -0.337. The number of carbonyl (C=O) groups is 2. The molecule has 1 fully saturated rings. The number of nitrogens with one attached hydrogen (secondary N) is 1. The van der Waals surface area contributed by atoms with Crippen LogP contribution in [0.15, 0.2) is 0 Å². The van der Waals surface area contributed by atoms with Crippen LogP contribution in [-0.2, 0) is 9.59 Å². The number of ketones is 1. The number of hydrogen-bond acceptors (Lipinski definition) is 2. The van der Waals surface area contributed by atoms with Crippen LogP contribution in [0.1, 0.15) is 60.8 Å². The lowest BCUT2D eigenvalue weighted by molar-refractivity contribution is -0.130. The van der Waals surface area contributed by atoms with Gasteiger partial charge in [0.15, 0.2) is 5.78 Å². The molecule has 0 spiro atoms. The van der Waals surface area contributed by atoms with E-state index in [0.717, 1.165) is 12.8 Å². The second kappa shape index (κ2) is 6.77. The van der Waals surface area contributed by atoms with Gasteiger partial charge in [0.2, 0.25) is 5.91 Å². The average molecular weight is 241 g/mol. The Labute approximate surface area is 105 Å². The van der Waals surface area contributed by atoms with E-state index < -0.39 is 0 Å². The lowest BCUT2D eigenvalue weighted by atomic mass is 9.83. The molecule has 1 atom stereocenters. The Morgan fingerprint density at radius 1 is 1.24 bits per heavy atom. The highest BCUT2D eigenvalue weighted by Crippen LogP contribution is 2.30. The molecular weight excluding hydrogens is 214 g/mol. The lowest BCUT2D eigenvalue weighted by Crippen LogP contribution is -2.49. The zero-order valence-corrected chi connectivity index (χ0v) is 12.1. The number of Topliss-reactive ketones (excluding diaryl/α,β-unsaturated/α-hetero) is 1. The van der Waals surface area contributed by atoms with Crippen LogP contribution in [-0.4, -0.2) is 17.7 Å². The fourth-order valence-corrected chi connectivity index (χ4v) is 1.59. The largest absolute Gasteiger partial charge is 0.346 e. The van der Waals surface area contributed by atoms with Gasteiger partial charge < -0.3 is 5.32 Å². The first-order chi connectivity index (χ1) is 7.86. The molecule has 1 N–H and O–H groups in total. The molecule has 1 unspecified atom stereocenters. The van der Waals surface area contributed by atoms with E-state index in [9.17, 15) is 9.59 Å². The van der Waals surface area contributed by atoms with Gasteiger partial charge >= 0.3 is 0 Å². The van der Waals surface area contributed by atoms with Gasteiger partial charge in [-0.15, -0.1) is 0 Å². The van der Waals surface area contributed by atoms with Gasteiger partial charge in [-0.05, 0) is 18.3 Å². The van der Waals surface area contributed by atoms with Gasteiger partial charge in [-0.3, -0.25) is 9.59 Å². The van der Waals surface area contributed by atoms with Gasteiger partial charge in [-0.25, -0.2) is 0 Å². The summed E-state index contributed by atoms with van der Waals surface area (Å²) in [5, 5.41) is 2.88. The molecule has 0 heterocycles. The molecular formula is C14H27NO2. The zero-order chi connectivity index (χ0) is 13.6. The molecule has 17 heavy (non-hydrogen) atoms. The lowest BCUT2D eigenvalue weighted by Gasteiger charge is -2.30. The second-order valence-corrected chi connectivity index (χ2v) is 5.40. The fourth-order valence-electron chi connectivity index (χ4n) is 1.59. The normalized spacial score (nSPS) is 16.6. The van der Waals surface area contributed by atoms with Crippen molar-refractivity contribution in [2.75, 3.05) is 0 Å². The highest BCUT2D eigenvalue weighted by Gasteiger charge is 2.36. The van der Waals surface area contributed by atoms with Crippen LogP contribution in [0.25, 0.3) is 0 Å². The van der Waals surface area contributed by atoms with Crippen LogP contribution in [0.4, 0.5) is 0 Å². The Morgan fingerprint density at radius 2 is 1.71 bits per heavy atom. The molecule has 0 saturated heterocycles. The summed E-state index contributed by atoms with van der Waals surface area (Å²) in [6.45, 7) is 11.8. The summed E-state index contributed by atoms with van der Waals surface area (Å²) in [6, 6.07) is -0.337. The van der Waals surface area contributed by atoms with Gasteiger partial charge in [-0.2, -0.15) is 0 Å². The smallest absolute Gasteiger partial charge is 0.223 e.